The second-order valence-electron chi connectivity index (χ2n) is 7.91. The van der Waals surface area contributed by atoms with Gasteiger partial charge < -0.3 is 14.5 Å². The van der Waals surface area contributed by atoms with E-state index in [1.54, 1.807) is 12.1 Å². The maximum absolute atomic E-state index is 12.5. The number of hydrogen-bond donors (Lipinski definition) is 1. The number of ether oxygens (including phenoxy) is 1. The SMILES string of the molecule is CC(NC(=O)c1ccc(COc2ccc([N+](=O)[O-])cc2)o1)C1CC2CCC1C2. The molecule has 2 aliphatic carbocycles. The average Bonchev–Trinajstić information content (AvgIpc) is 3.43. The first-order valence-electron chi connectivity index (χ1n) is 9.76. The van der Waals surface area contributed by atoms with Crippen LogP contribution in [0, 0.1) is 27.9 Å². The molecule has 148 valence electrons. The number of fused-ring (bicyclic) bond motifs is 2. The molecule has 2 bridgehead atoms. The van der Waals surface area contributed by atoms with E-state index in [4.69, 9.17) is 9.15 Å². The van der Waals surface area contributed by atoms with Gasteiger partial charge in [0.05, 0.1) is 4.92 Å². The molecule has 0 aliphatic heterocycles. The Balaban J connectivity index is 1.29. The van der Waals surface area contributed by atoms with Crippen molar-refractivity contribution in [3.63, 3.8) is 0 Å². The smallest absolute Gasteiger partial charge is 0.287 e. The van der Waals surface area contributed by atoms with Crippen LogP contribution in [0.2, 0.25) is 0 Å². The van der Waals surface area contributed by atoms with Crippen LogP contribution in [-0.2, 0) is 6.61 Å². The highest BCUT2D eigenvalue weighted by Gasteiger charge is 2.42. The first-order chi connectivity index (χ1) is 13.5. The van der Waals surface area contributed by atoms with E-state index < -0.39 is 4.92 Å². The van der Waals surface area contributed by atoms with Gasteiger partial charge in [0.25, 0.3) is 11.6 Å². The highest BCUT2D eigenvalue weighted by atomic mass is 16.6. The van der Waals surface area contributed by atoms with Gasteiger partial charge in [0.2, 0.25) is 0 Å². The van der Waals surface area contributed by atoms with Crippen molar-refractivity contribution in [1.82, 2.24) is 5.32 Å². The fraction of sp³-hybridized carbons (Fsp3) is 0.476. The fourth-order valence-corrected chi connectivity index (χ4v) is 4.69. The quantitative estimate of drug-likeness (QED) is 0.567. The normalized spacial score (nSPS) is 24.1. The van der Waals surface area contributed by atoms with Crippen LogP contribution in [0.1, 0.15) is 48.9 Å². The zero-order valence-corrected chi connectivity index (χ0v) is 15.8. The third kappa shape index (κ3) is 3.88. The Hall–Kier alpha value is -2.83. The van der Waals surface area contributed by atoms with E-state index in [9.17, 15) is 14.9 Å². The summed E-state index contributed by atoms with van der Waals surface area (Å²) in [7, 11) is 0. The Kier molecular flexibility index (Phi) is 5.07. The van der Waals surface area contributed by atoms with Gasteiger partial charge in [-0.25, -0.2) is 0 Å². The lowest BCUT2D eigenvalue weighted by atomic mass is 9.84. The van der Waals surface area contributed by atoms with Crippen LogP contribution in [0.15, 0.2) is 40.8 Å². The number of nitrogens with zero attached hydrogens (tertiary/aromatic N) is 1. The summed E-state index contributed by atoms with van der Waals surface area (Å²) in [4.78, 5) is 22.7. The number of benzene rings is 1. The Bertz CT molecular complexity index is 860. The number of furan rings is 1. The monoisotopic (exact) mass is 384 g/mol. The largest absolute Gasteiger partial charge is 0.486 e. The van der Waals surface area contributed by atoms with Gasteiger partial charge in [-0.2, -0.15) is 0 Å². The molecular weight excluding hydrogens is 360 g/mol. The summed E-state index contributed by atoms with van der Waals surface area (Å²) in [6, 6.07) is 9.34. The van der Waals surface area contributed by atoms with Gasteiger partial charge in [-0.15, -0.1) is 0 Å². The second-order valence-corrected chi connectivity index (χ2v) is 7.91. The highest BCUT2D eigenvalue weighted by molar-refractivity contribution is 5.91. The number of nitrogens with one attached hydrogen (secondary N) is 1. The molecule has 0 saturated heterocycles. The molecule has 2 aromatic rings. The topological polar surface area (TPSA) is 94.6 Å². The summed E-state index contributed by atoms with van der Waals surface area (Å²) in [5.41, 5.74) is 0.00825. The third-order valence-corrected chi connectivity index (χ3v) is 6.11. The molecule has 7 nitrogen and oxygen atoms in total. The lowest BCUT2D eigenvalue weighted by molar-refractivity contribution is -0.384. The molecule has 4 atom stereocenters. The predicted molar refractivity (Wildman–Crippen MR) is 102 cm³/mol. The van der Waals surface area contributed by atoms with Crippen molar-refractivity contribution >= 4 is 11.6 Å². The number of nitro groups is 1. The minimum atomic E-state index is -0.459. The summed E-state index contributed by atoms with van der Waals surface area (Å²) < 4.78 is 11.2. The summed E-state index contributed by atoms with van der Waals surface area (Å²) in [6.45, 7) is 2.23. The first kappa shape index (κ1) is 18.5. The molecule has 1 aromatic carbocycles. The summed E-state index contributed by atoms with van der Waals surface area (Å²) >= 11 is 0. The van der Waals surface area contributed by atoms with Crippen LogP contribution in [0.25, 0.3) is 0 Å². The fourth-order valence-electron chi connectivity index (χ4n) is 4.69. The van der Waals surface area contributed by atoms with Crippen LogP contribution in [0.5, 0.6) is 5.75 Å². The first-order valence-corrected chi connectivity index (χ1v) is 9.76. The summed E-state index contributed by atoms with van der Waals surface area (Å²) in [5.74, 6) is 3.27. The van der Waals surface area contributed by atoms with E-state index in [-0.39, 0.29) is 30.0 Å². The lowest BCUT2D eigenvalue weighted by Gasteiger charge is -2.28. The lowest BCUT2D eigenvalue weighted by Crippen LogP contribution is -2.40. The van der Waals surface area contributed by atoms with Crippen molar-refractivity contribution < 1.29 is 18.9 Å². The van der Waals surface area contributed by atoms with Gasteiger partial charge in [-0.1, -0.05) is 6.42 Å². The van der Waals surface area contributed by atoms with Crippen LogP contribution in [0.4, 0.5) is 5.69 Å². The molecule has 2 fully saturated rings. The number of rotatable bonds is 7. The van der Waals surface area contributed by atoms with Gasteiger partial charge >= 0.3 is 0 Å². The number of nitro benzene ring substituents is 1. The number of carbonyl (C=O) groups excluding carboxylic acids is 1. The molecule has 1 amide bonds. The van der Waals surface area contributed by atoms with Crippen LogP contribution in [0.3, 0.4) is 0 Å². The Morgan fingerprint density at radius 1 is 1.25 bits per heavy atom. The molecule has 2 aliphatic rings. The molecule has 0 spiro atoms. The van der Waals surface area contributed by atoms with E-state index in [0.29, 0.717) is 17.4 Å². The van der Waals surface area contributed by atoms with E-state index in [1.165, 1.54) is 49.9 Å². The minimum absolute atomic E-state index is 0.00825. The molecule has 1 aromatic heterocycles. The second kappa shape index (κ2) is 7.66. The summed E-state index contributed by atoms with van der Waals surface area (Å²) in [6.07, 6.45) is 5.17. The molecule has 4 unspecified atom stereocenters. The van der Waals surface area contributed by atoms with Crippen LogP contribution in [-0.4, -0.2) is 16.9 Å². The van der Waals surface area contributed by atoms with Crippen molar-refractivity contribution in [2.45, 2.75) is 45.3 Å². The van der Waals surface area contributed by atoms with Gasteiger partial charge in [0.15, 0.2) is 5.76 Å². The molecule has 0 radical (unpaired) electrons. The Morgan fingerprint density at radius 2 is 2.04 bits per heavy atom. The standard InChI is InChI=1S/C21H24N2O5/c1-13(19-11-14-2-3-15(19)10-14)22-21(24)20-9-8-18(28-20)12-27-17-6-4-16(5-7-17)23(25)26/h4-9,13-15,19H,2-3,10-12H2,1H3,(H,22,24). The minimum Gasteiger partial charge on any atom is -0.486 e. The van der Waals surface area contributed by atoms with Crippen LogP contribution >= 0.6 is 0 Å². The van der Waals surface area contributed by atoms with Gasteiger partial charge in [0, 0.05) is 18.2 Å². The molecule has 1 N–H and O–H groups in total. The third-order valence-electron chi connectivity index (χ3n) is 6.11. The van der Waals surface area contributed by atoms with Crippen molar-refractivity contribution in [1.29, 1.82) is 0 Å². The number of amides is 1. The maximum Gasteiger partial charge on any atom is 0.287 e. The molecule has 7 heteroatoms. The van der Waals surface area contributed by atoms with Crippen molar-refractivity contribution in [2.75, 3.05) is 0 Å². The average molecular weight is 384 g/mol. The maximum atomic E-state index is 12.5. The number of carbonyl (C=O) groups is 1. The van der Waals surface area contributed by atoms with Gasteiger partial charge in [-0.05, 0) is 68.2 Å². The number of hydrogen-bond acceptors (Lipinski definition) is 5. The highest BCUT2D eigenvalue weighted by Crippen LogP contribution is 2.49. The van der Waals surface area contributed by atoms with E-state index in [0.717, 1.165) is 11.8 Å². The van der Waals surface area contributed by atoms with E-state index >= 15 is 0 Å². The molecule has 28 heavy (non-hydrogen) atoms. The van der Waals surface area contributed by atoms with Crippen LogP contribution < -0.4 is 10.1 Å². The Labute approximate surface area is 163 Å². The Morgan fingerprint density at radius 3 is 2.68 bits per heavy atom. The molecule has 4 rings (SSSR count). The van der Waals surface area contributed by atoms with Crippen molar-refractivity contribution in [2.24, 2.45) is 17.8 Å². The van der Waals surface area contributed by atoms with E-state index in [2.05, 4.69) is 12.2 Å². The zero-order chi connectivity index (χ0) is 19.7. The summed E-state index contributed by atoms with van der Waals surface area (Å²) in [5, 5.41) is 13.8. The molecule has 1 heterocycles. The van der Waals surface area contributed by atoms with Gasteiger partial charge in [-0.3, -0.25) is 14.9 Å². The molecule has 2 saturated carbocycles. The molecular formula is C21H24N2O5. The van der Waals surface area contributed by atoms with Gasteiger partial charge in [0.1, 0.15) is 18.1 Å². The zero-order valence-electron chi connectivity index (χ0n) is 15.8. The van der Waals surface area contributed by atoms with Crippen molar-refractivity contribution in [3.05, 3.63) is 58.0 Å². The number of non-ortho nitro benzene ring substituents is 1. The van der Waals surface area contributed by atoms with Crippen molar-refractivity contribution in [3.8, 4) is 5.75 Å². The van der Waals surface area contributed by atoms with E-state index in [1.807, 2.05) is 0 Å². The predicted octanol–water partition coefficient (Wildman–Crippen LogP) is 4.32.